The second-order valence-corrected chi connectivity index (χ2v) is 8.43. The molecule has 4 heterocycles. The molecular weight excluding hydrogens is 394 g/mol. The van der Waals surface area contributed by atoms with Crippen molar-refractivity contribution in [3.05, 3.63) is 76.0 Å². The zero-order valence-corrected chi connectivity index (χ0v) is 17.8. The number of thiophene rings is 1. The summed E-state index contributed by atoms with van der Waals surface area (Å²) in [4.78, 5) is 10.5. The van der Waals surface area contributed by atoms with Gasteiger partial charge < -0.3 is 9.30 Å². The summed E-state index contributed by atoms with van der Waals surface area (Å²) >= 11 is 1.80. The van der Waals surface area contributed by atoms with E-state index < -0.39 is 0 Å². The van der Waals surface area contributed by atoms with Crippen LogP contribution in [0.1, 0.15) is 46.5 Å². The van der Waals surface area contributed by atoms with E-state index in [0.717, 1.165) is 53.7 Å². The molecule has 1 aliphatic heterocycles. The number of aryl methyl sites for hydroxylation is 2. The monoisotopic (exact) mass is 417 g/mol. The second-order valence-electron chi connectivity index (χ2n) is 7.45. The Labute approximate surface area is 179 Å². The van der Waals surface area contributed by atoms with Crippen molar-refractivity contribution in [2.45, 2.75) is 32.2 Å². The SMILES string of the molecule is COc1cc(C=Cc2nc3n(n2)CCC[C@H]3c2cccs2)ccc1-n1cnc(C)c1. The highest BCUT2D eigenvalue weighted by atomic mass is 32.1. The summed E-state index contributed by atoms with van der Waals surface area (Å²) in [6.45, 7) is 2.91. The van der Waals surface area contributed by atoms with Gasteiger partial charge in [-0.25, -0.2) is 14.6 Å². The van der Waals surface area contributed by atoms with Gasteiger partial charge in [0.15, 0.2) is 5.82 Å². The van der Waals surface area contributed by atoms with E-state index in [9.17, 15) is 0 Å². The lowest BCUT2D eigenvalue weighted by molar-refractivity contribution is 0.413. The Bertz CT molecular complexity index is 1190. The summed E-state index contributed by atoms with van der Waals surface area (Å²) in [6, 6.07) is 10.4. The summed E-state index contributed by atoms with van der Waals surface area (Å²) in [5, 5.41) is 6.85. The molecule has 0 N–H and O–H groups in total. The molecule has 0 spiro atoms. The Morgan fingerprint density at radius 1 is 1.23 bits per heavy atom. The van der Waals surface area contributed by atoms with Crippen molar-refractivity contribution in [1.29, 1.82) is 0 Å². The minimum atomic E-state index is 0.353. The Hall–Kier alpha value is -3.19. The van der Waals surface area contributed by atoms with Crippen LogP contribution in [0.4, 0.5) is 0 Å². The van der Waals surface area contributed by atoms with Crippen molar-refractivity contribution in [1.82, 2.24) is 24.3 Å². The summed E-state index contributed by atoms with van der Waals surface area (Å²) < 4.78 is 9.64. The fraction of sp³-hybridized carbons (Fsp3) is 0.261. The molecule has 0 radical (unpaired) electrons. The van der Waals surface area contributed by atoms with Crippen LogP contribution in [-0.4, -0.2) is 31.4 Å². The summed E-state index contributed by atoms with van der Waals surface area (Å²) in [7, 11) is 1.69. The van der Waals surface area contributed by atoms with Crippen LogP contribution in [0, 0.1) is 6.92 Å². The molecule has 5 rings (SSSR count). The molecule has 0 saturated carbocycles. The third-order valence-corrected chi connectivity index (χ3v) is 6.38. The highest BCUT2D eigenvalue weighted by molar-refractivity contribution is 7.10. The van der Waals surface area contributed by atoms with Gasteiger partial charge in [0.1, 0.15) is 11.6 Å². The van der Waals surface area contributed by atoms with Gasteiger partial charge in [-0.2, -0.15) is 5.10 Å². The zero-order chi connectivity index (χ0) is 20.5. The van der Waals surface area contributed by atoms with Gasteiger partial charge in [0.05, 0.1) is 30.7 Å². The molecule has 0 amide bonds. The van der Waals surface area contributed by atoms with Gasteiger partial charge in [-0.05, 0) is 55.0 Å². The number of ether oxygens (including phenoxy) is 1. The van der Waals surface area contributed by atoms with E-state index in [-0.39, 0.29) is 0 Å². The van der Waals surface area contributed by atoms with E-state index in [1.165, 1.54) is 4.88 Å². The average molecular weight is 418 g/mol. The van der Waals surface area contributed by atoms with Crippen LogP contribution in [0.2, 0.25) is 0 Å². The topological polar surface area (TPSA) is 57.8 Å². The number of hydrogen-bond donors (Lipinski definition) is 0. The third-order valence-electron chi connectivity index (χ3n) is 5.40. The number of rotatable bonds is 5. The predicted octanol–water partition coefficient (Wildman–Crippen LogP) is 4.94. The van der Waals surface area contributed by atoms with Gasteiger partial charge in [0.2, 0.25) is 0 Å². The smallest absolute Gasteiger partial charge is 0.174 e. The first-order valence-corrected chi connectivity index (χ1v) is 10.9. The Kier molecular flexibility index (Phi) is 4.96. The molecule has 7 heteroatoms. The van der Waals surface area contributed by atoms with Gasteiger partial charge in [-0.15, -0.1) is 11.3 Å². The molecule has 4 aromatic rings. The molecule has 1 aliphatic rings. The molecule has 3 aromatic heterocycles. The number of aromatic nitrogens is 5. The van der Waals surface area contributed by atoms with Crippen molar-refractivity contribution in [3.63, 3.8) is 0 Å². The molecule has 0 fully saturated rings. The number of imidazole rings is 1. The van der Waals surface area contributed by atoms with Gasteiger partial charge in [0, 0.05) is 17.6 Å². The summed E-state index contributed by atoms with van der Waals surface area (Å²) in [5.74, 6) is 2.98. The Morgan fingerprint density at radius 3 is 2.93 bits per heavy atom. The van der Waals surface area contributed by atoms with E-state index in [2.05, 4.69) is 33.2 Å². The average Bonchev–Trinajstić information content (AvgIpc) is 3.52. The molecule has 0 unspecified atom stereocenters. The first-order valence-electron chi connectivity index (χ1n) is 10.1. The maximum absolute atomic E-state index is 5.61. The summed E-state index contributed by atoms with van der Waals surface area (Å²) in [6.07, 6.45) is 10.1. The van der Waals surface area contributed by atoms with Crippen molar-refractivity contribution in [2.75, 3.05) is 7.11 Å². The minimum Gasteiger partial charge on any atom is -0.495 e. The molecule has 0 aliphatic carbocycles. The van der Waals surface area contributed by atoms with Gasteiger partial charge in [0.25, 0.3) is 0 Å². The minimum absolute atomic E-state index is 0.353. The predicted molar refractivity (Wildman–Crippen MR) is 119 cm³/mol. The van der Waals surface area contributed by atoms with Crippen molar-refractivity contribution >= 4 is 23.5 Å². The zero-order valence-electron chi connectivity index (χ0n) is 17.0. The maximum Gasteiger partial charge on any atom is 0.174 e. The normalized spacial score (nSPS) is 16.1. The lowest BCUT2D eigenvalue weighted by Crippen LogP contribution is -2.17. The van der Waals surface area contributed by atoms with Crippen molar-refractivity contribution in [3.8, 4) is 11.4 Å². The van der Waals surface area contributed by atoms with Crippen LogP contribution in [0.15, 0.2) is 48.2 Å². The number of nitrogens with zero attached hydrogens (tertiary/aromatic N) is 5. The molecular formula is C23H23N5OS. The van der Waals surface area contributed by atoms with Crippen LogP contribution in [0.3, 0.4) is 0 Å². The highest BCUT2D eigenvalue weighted by Crippen LogP contribution is 2.34. The second kappa shape index (κ2) is 7.91. The van der Waals surface area contributed by atoms with Crippen molar-refractivity contribution < 1.29 is 4.74 Å². The van der Waals surface area contributed by atoms with Gasteiger partial charge in [-0.1, -0.05) is 18.2 Å². The molecule has 30 heavy (non-hydrogen) atoms. The van der Waals surface area contributed by atoms with E-state index in [1.54, 1.807) is 24.8 Å². The molecule has 1 aromatic carbocycles. The van der Waals surface area contributed by atoms with Gasteiger partial charge >= 0.3 is 0 Å². The Morgan fingerprint density at radius 2 is 2.17 bits per heavy atom. The number of fused-ring (bicyclic) bond motifs is 1. The number of methoxy groups -OCH3 is 1. The standard InChI is InChI=1S/C23H23N5OS/c1-16-14-27(15-24-16)19-9-7-17(13-20(19)29-2)8-10-22-25-23-18(21-6-4-12-30-21)5-3-11-28(23)26-22/h4,6-10,12-15,18H,3,5,11H2,1-2H3/t18-/m0/s1. The van der Waals surface area contributed by atoms with Crippen LogP contribution in [0.25, 0.3) is 17.8 Å². The molecule has 0 bridgehead atoms. The summed E-state index contributed by atoms with van der Waals surface area (Å²) in [5.41, 5.74) is 2.97. The molecule has 1 atom stereocenters. The fourth-order valence-electron chi connectivity index (χ4n) is 3.93. The van der Waals surface area contributed by atoms with E-state index in [0.29, 0.717) is 5.92 Å². The highest BCUT2D eigenvalue weighted by Gasteiger charge is 2.25. The van der Waals surface area contributed by atoms with Crippen LogP contribution in [-0.2, 0) is 6.54 Å². The molecule has 6 nitrogen and oxygen atoms in total. The van der Waals surface area contributed by atoms with Crippen LogP contribution in [0.5, 0.6) is 5.75 Å². The fourth-order valence-corrected chi connectivity index (χ4v) is 4.79. The number of hydrogen-bond acceptors (Lipinski definition) is 5. The lowest BCUT2D eigenvalue weighted by atomic mass is 9.97. The van der Waals surface area contributed by atoms with E-state index in [4.69, 9.17) is 14.8 Å². The van der Waals surface area contributed by atoms with Crippen molar-refractivity contribution in [2.24, 2.45) is 0 Å². The Balaban J connectivity index is 1.41. The van der Waals surface area contributed by atoms with Crippen LogP contribution < -0.4 is 4.74 Å². The third kappa shape index (κ3) is 3.57. The van der Waals surface area contributed by atoms with E-state index >= 15 is 0 Å². The quantitative estimate of drug-likeness (QED) is 0.462. The van der Waals surface area contributed by atoms with Gasteiger partial charge in [-0.3, -0.25) is 0 Å². The maximum atomic E-state index is 5.61. The largest absolute Gasteiger partial charge is 0.495 e. The lowest BCUT2D eigenvalue weighted by Gasteiger charge is -2.20. The molecule has 0 saturated heterocycles. The first kappa shape index (κ1) is 18.8. The number of benzene rings is 1. The first-order chi connectivity index (χ1) is 14.7. The van der Waals surface area contributed by atoms with Crippen LogP contribution >= 0.6 is 11.3 Å². The molecule has 152 valence electrons. The van der Waals surface area contributed by atoms with E-state index in [1.807, 2.05) is 42.0 Å².